The van der Waals surface area contributed by atoms with Gasteiger partial charge in [0, 0.05) is 5.56 Å². The van der Waals surface area contributed by atoms with Gasteiger partial charge in [-0.25, -0.2) is 4.79 Å². The van der Waals surface area contributed by atoms with E-state index in [-0.39, 0.29) is 6.04 Å². The zero-order valence-electron chi connectivity index (χ0n) is 11.2. The summed E-state index contributed by atoms with van der Waals surface area (Å²) in [6.45, 7) is 1.90. The average Bonchev–Trinajstić information content (AvgIpc) is 2.49. The third-order valence-corrected chi connectivity index (χ3v) is 2.87. The van der Waals surface area contributed by atoms with Gasteiger partial charge in [0.1, 0.15) is 5.75 Å². The number of hydrogen-bond acceptors (Lipinski definition) is 2. The fourth-order valence-electron chi connectivity index (χ4n) is 1.76. The third-order valence-electron chi connectivity index (χ3n) is 2.87. The van der Waals surface area contributed by atoms with Gasteiger partial charge < -0.3 is 10.1 Å². The van der Waals surface area contributed by atoms with Gasteiger partial charge in [-0.15, -0.1) is 6.42 Å². The van der Waals surface area contributed by atoms with Crippen molar-refractivity contribution in [3.63, 3.8) is 0 Å². The molecule has 0 heterocycles. The lowest BCUT2D eigenvalue weighted by atomic mass is 10.1. The number of carbonyl (C=O) groups is 1. The van der Waals surface area contributed by atoms with Crippen molar-refractivity contribution in [3.8, 4) is 18.1 Å². The Morgan fingerprint density at radius 2 is 1.80 bits per heavy atom. The fourth-order valence-corrected chi connectivity index (χ4v) is 1.76. The van der Waals surface area contributed by atoms with E-state index >= 15 is 0 Å². The molecule has 20 heavy (non-hydrogen) atoms. The largest absolute Gasteiger partial charge is 0.413 e. The first-order chi connectivity index (χ1) is 9.69. The van der Waals surface area contributed by atoms with Gasteiger partial charge in [-0.05, 0) is 36.8 Å². The van der Waals surface area contributed by atoms with Crippen LogP contribution in [0.1, 0.15) is 24.1 Å². The van der Waals surface area contributed by atoms with Crippen molar-refractivity contribution in [2.24, 2.45) is 0 Å². The Bertz CT molecular complexity index is 612. The van der Waals surface area contributed by atoms with Crippen LogP contribution < -0.4 is 10.1 Å². The molecule has 0 spiro atoms. The normalized spacial score (nSPS) is 11.2. The third kappa shape index (κ3) is 3.63. The number of terminal acetylenes is 1. The van der Waals surface area contributed by atoms with Crippen molar-refractivity contribution in [2.75, 3.05) is 0 Å². The van der Waals surface area contributed by atoms with E-state index in [1.165, 1.54) is 0 Å². The summed E-state index contributed by atoms with van der Waals surface area (Å²) < 4.78 is 5.19. The molecule has 100 valence electrons. The van der Waals surface area contributed by atoms with Crippen molar-refractivity contribution in [1.82, 2.24) is 5.32 Å². The van der Waals surface area contributed by atoms with Crippen LogP contribution in [0.5, 0.6) is 5.75 Å². The van der Waals surface area contributed by atoms with Crippen LogP contribution in [0.2, 0.25) is 0 Å². The van der Waals surface area contributed by atoms with Gasteiger partial charge in [0.05, 0.1) is 6.04 Å². The molecule has 1 atom stereocenters. The Labute approximate surface area is 118 Å². The molecule has 0 aliphatic rings. The number of nitrogens with one attached hydrogen (secondary N) is 1. The Hall–Kier alpha value is -2.73. The number of ether oxygens (including phenoxy) is 1. The van der Waals surface area contributed by atoms with Gasteiger partial charge in [-0.1, -0.05) is 36.3 Å². The fraction of sp³-hybridized carbons (Fsp3) is 0.118. The highest BCUT2D eigenvalue weighted by Crippen LogP contribution is 2.14. The molecule has 2 aromatic rings. The van der Waals surface area contributed by atoms with Gasteiger partial charge in [0.25, 0.3) is 0 Å². The summed E-state index contributed by atoms with van der Waals surface area (Å²) in [5, 5.41) is 2.77. The summed E-state index contributed by atoms with van der Waals surface area (Å²) in [6.07, 6.45) is 4.77. The molecule has 3 heteroatoms. The summed E-state index contributed by atoms with van der Waals surface area (Å²) in [6, 6.07) is 16.4. The van der Waals surface area contributed by atoms with Gasteiger partial charge in [0.15, 0.2) is 0 Å². The van der Waals surface area contributed by atoms with Crippen LogP contribution in [-0.4, -0.2) is 6.09 Å². The average molecular weight is 265 g/mol. The highest BCUT2D eigenvalue weighted by Gasteiger charge is 2.10. The monoisotopic (exact) mass is 265 g/mol. The van der Waals surface area contributed by atoms with Crippen molar-refractivity contribution in [2.45, 2.75) is 13.0 Å². The highest BCUT2D eigenvalue weighted by molar-refractivity contribution is 5.71. The van der Waals surface area contributed by atoms with Gasteiger partial charge in [-0.3, -0.25) is 0 Å². The summed E-state index contributed by atoms with van der Waals surface area (Å²) >= 11 is 0. The second kappa shape index (κ2) is 6.44. The SMILES string of the molecule is C#Cc1ccc(OC(=O)NC(C)c2ccccc2)cc1. The van der Waals surface area contributed by atoms with Crippen LogP contribution in [0.15, 0.2) is 54.6 Å². The molecule has 0 radical (unpaired) electrons. The molecule has 0 aliphatic heterocycles. The maximum Gasteiger partial charge on any atom is 0.413 e. The molecule has 0 aromatic heterocycles. The second-order valence-corrected chi connectivity index (χ2v) is 4.33. The minimum Gasteiger partial charge on any atom is -0.410 e. The molecule has 0 aliphatic carbocycles. The lowest BCUT2D eigenvalue weighted by Gasteiger charge is -2.14. The van der Waals surface area contributed by atoms with Crippen molar-refractivity contribution in [3.05, 3.63) is 65.7 Å². The topological polar surface area (TPSA) is 38.3 Å². The van der Waals surface area contributed by atoms with E-state index in [1.54, 1.807) is 24.3 Å². The Morgan fingerprint density at radius 3 is 2.40 bits per heavy atom. The molecule has 0 saturated carbocycles. The van der Waals surface area contributed by atoms with Crippen LogP contribution in [0.25, 0.3) is 0 Å². The smallest absolute Gasteiger partial charge is 0.410 e. The van der Waals surface area contributed by atoms with E-state index in [4.69, 9.17) is 11.2 Å². The molecular weight excluding hydrogens is 250 g/mol. The minimum atomic E-state index is -0.491. The summed E-state index contributed by atoms with van der Waals surface area (Å²) in [5.41, 5.74) is 1.77. The first-order valence-electron chi connectivity index (χ1n) is 6.29. The number of benzene rings is 2. The molecule has 2 aromatic carbocycles. The van der Waals surface area contributed by atoms with Crippen LogP contribution in [0, 0.1) is 12.3 Å². The highest BCUT2D eigenvalue weighted by atomic mass is 16.6. The van der Waals surface area contributed by atoms with Crippen molar-refractivity contribution >= 4 is 6.09 Å². The number of hydrogen-bond donors (Lipinski definition) is 1. The molecule has 1 unspecified atom stereocenters. The van der Waals surface area contributed by atoms with Crippen molar-refractivity contribution in [1.29, 1.82) is 0 Å². The van der Waals surface area contributed by atoms with Crippen LogP contribution in [-0.2, 0) is 0 Å². The molecule has 2 rings (SSSR count). The predicted octanol–water partition coefficient (Wildman–Crippen LogP) is 3.52. The Morgan fingerprint density at radius 1 is 1.15 bits per heavy atom. The van der Waals surface area contributed by atoms with E-state index in [1.807, 2.05) is 37.3 Å². The Balaban J connectivity index is 1.93. The lowest BCUT2D eigenvalue weighted by Crippen LogP contribution is -2.29. The molecule has 0 bridgehead atoms. The molecule has 0 fully saturated rings. The maximum absolute atomic E-state index is 11.8. The van der Waals surface area contributed by atoms with Gasteiger partial charge >= 0.3 is 6.09 Å². The van der Waals surface area contributed by atoms with Crippen molar-refractivity contribution < 1.29 is 9.53 Å². The summed E-state index contributed by atoms with van der Waals surface area (Å²) in [7, 11) is 0. The van der Waals surface area contributed by atoms with E-state index < -0.39 is 6.09 Å². The van der Waals surface area contributed by atoms with Gasteiger partial charge in [-0.2, -0.15) is 0 Å². The minimum absolute atomic E-state index is 0.117. The van der Waals surface area contributed by atoms with Gasteiger partial charge in [0.2, 0.25) is 0 Å². The zero-order valence-corrected chi connectivity index (χ0v) is 11.2. The molecular formula is C17H15NO2. The summed E-state index contributed by atoms with van der Waals surface area (Å²) in [5.74, 6) is 2.97. The predicted molar refractivity (Wildman–Crippen MR) is 78.4 cm³/mol. The number of amides is 1. The van der Waals surface area contributed by atoms with E-state index in [9.17, 15) is 4.79 Å². The van der Waals surface area contributed by atoms with E-state index in [0.29, 0.717) is 5.75 Å². The Kier molecular flexibility index (Phi) is 4.41. The first-order valence-corrected chi connectivity index (χ1v) is 6.29. The standard InChI is InChI=1S/C17H15NO2/c1-3-14-9-11-16(12-10-14)20-17(19)18-13(2)15-7-5-4-6-8-15/h1,4-13H,2H3,(H,18,19). The first kappa shape index (κ1) is 13.7. The molecule has 0 saturated heterocycles. The summed E-state index contributed by atoms with van der Waals surface area (Å²) in [4.78, 5) is 11.8. The maximum atomic E-state index is 11.8. The molecule has 1 amide bonds. The second-order valence-electron chi connectivity index (χ2n) is 4.33. The molecule has 1 N–H and O–H groups in total. The molecule has 3 nitrogen and oxygen atoms in total. The lowest BCUT2D eigenvalue weighted by molar-refractivity contribution is 0.197. The van der Waals surface area contributed by atoms with Crippen LogP contribution in [0.3, 0.4) is 0 Å². The van der Waals surface area contributed by atoms with Crippen LogP contribution >= 0.6 is 0 Å². The number of carbonyl (C=O) groups excluding carboxylic acids is 1. The quantitative estimate of drug-likeness (QED) is 0.862. The van der Waals surface area contributed by atoms with E-state index in [0.717, 1.165) is 11.1 Å². The number of rotatable bonds is 3. The van der Waals surface area contributed by atoms with Crippen LogP contribution in [0.4, 0.5) is 4.79 Å². The zero-order chi connectivity index (χ0) is 14.4. The van der Waals surface area contributed by atoms with E-state index in [2.05, 4.69) is 11.2 Å².